The summed E-state index contributed by atoms with van der Waals surface area (Å²) in [7, 11) is 0. The van der Waals surface area contributed by atoms with Crippen molar-refractivity contribution in [3.63, 3.8) is 0 Å². The molecule has 1 aliphatic heterocycles. The topological polar surface area (TPSA) is 30.3 Å². The molecule has 5 heteroatoms. The number of ether oxygens (including phenoxy) is 1. The molecular formula is C16H22ClN3O. The highest BCUT2D eigenvalue weighted by Crippen LogP contribution is 2.36. The monoisotopic (exact) mass is 307 g/mol. The van der Waals surface area contributed by atoms with E-state index in [9.17, 15) is 0 Å². The Morgan fingerprint density at radius 2 is 2.05 bits per heavy atom. The summed E-state index contributed by atoms with van der Waals surface area (Å²) in [6.45, 7) is 8.75. The van der Waals surface area contributed by atoms with Crippen LogP contribution >= 0.6 is 11.6 Å². The van der Waals surface area contributed by atoms with Crippen molar-refractivity contribution in [1.82, 2.24) is 14.7 Å². The predicted octanol–water partition coefficient (Wildman–Crippen LogP) is 3.49. The van der Waals surface area contributed by atoms with E-state index in [-0.39, 0.29) is 0 Å². The Labute approximate surface area is 130 Å². The van der Waals surface area contributed by atoms with Crippen LogP contribution in [0.5, 0.6) is 0 Å². The average Bonchev–Trinajstić information content (AvgIpc) is 2.94. The third-order valence-corrected chi connectivity index (χ3v) is 4.65. The number of fused-ring (bicyclic) bond motifs is 1. The predicted molar refractivity (Wildman–Crippen MR) is 85.8 cm³/mol. The molecule has 0 N–H and O–H groups in total. The number of aromatic nitrogens is 2. The molecule has 1 atom stereocenters. The van der Waals surface area contributed by atoms with Gasteiger partial charge in [0.2, 0.25) is 0 Å². The number of morpholine rings is 1. The largest absolute Gasteiger partial charge is 0.379 e. The van der Waals surface area contributed by atoms with Crippen LogP contribution in [0.1, 0.15) is 31.9 Å². The molecule has 1 fully saturated rings. The van der Waals surface area contributed by atoms with Gasteiger partial charge in [-0.15, -0.1) is 0 Å². The van der Waals surface area contributed by atoms with Crippen LogP contribution in [0.25, 0.3) is 10.9 Å². The van der Waals surface area contributed by atoms with Crippen LogP contribution in [0.4, 0.5) is 0 Å². The van der Waals surface area contributed by atoms with E-state index in [4.69, 9.17) is 16.3 Å². The summed E-state index contributed by atoms with van der Waals surface area (Å²) in [6.07, 6.45) is 3.00. The summed E-state index contributed by atoms with van der Waals surface area (Å²) >= 11 is 6.55. The zero-order chi connectivity index (χ0) is 14.8. The Bertz CT molecular complexity index is 619. The van der Waals surface area contributed by atoms with Gasteiger partial charge in [-0.2, -0.15) is 5.10 Å². The van der Waals surface area contributed by atoms with Crippen molar-refractivity contribution in [2.24, 2.45) is 0 Å². The fraction of sp³-hybridized carbons (Fsp3) is 0.562. The highest BCUT2D eigenvalue weighted by molar-refractivity contribution is 6.32. The lowest BCUT2D eigenvalue weighted by Crippen LogP contribution is -2.39. The van der Waals surface area contributed by atoms with E-state index in [1.807, 2.05) is 16.9 Å². The number of halogens is 1. The summed E-state index contributed by atoms with van der Waals surface area (Å²) in [5, 5.41) is 6.52. The van der Waals surface area contributed by atoms with Gasteiger partial charge in [0, 0.05) is 36.1 Å². The molecule has 0 spiro atoms. The van der Waals surface area contributed by atoms with E-state index >= 15 is 0 Å². The molecule has 0 bridgehead atoms. The summed E-state index contributed by atoms with van der Waals surface area (Å²) in [5.74, 6) is 0. The molecule has 2 heterocycles. The Morgan fingerprint density at radius 1 is 1.29 bits per heavy atom. The quantitative estimate of drug-likeness (QED) is 0.866. The molecular weight excluding hydrogens is 286 g/mol. The second-order valence-electron chi connectivity index (χ2n) is 5.43. The molecule has 0 saturated carbocycles. The number of aryl methyl sites for hydroxylation is 1. The van der Waals surface area contributed by atoms with Crippen LogP contribution in [-0.2, 0) is 11.3 Å². The maximum atomic E-state index is 6.55. The van der Waals surface area contributed by atoms with E-state index in [0.29, 0.717) is 6.04 Å². The molecule has 1 aliphatic rings. The lowest BCUT2D eigenvalue weighted by Gasteiger charge is -2.35. The Kier molecular flexibility index (Phi) is 4.48. The highest BCUT2D eigenvalue weighted by Gasteiger charge is 2.25. The Balaban J connectivity index is 2.08. The fourth-order valence-electron chi connectivity index (χ4n) is 3.27. The van der Waals surface area contributed by atoms with Gasteiger partial charge in [0.1, 0.15) is 0 Å². The molecule has 4 nitrogen and oxygen atoms in total. The van der Waals surface area contributed by atoms with Gasteiger partial charge in [0.25, 0.3) is 0 Å². The number of hydrogen-bond donors (Lipinski definition) is 0. The number of rotatable bonds is 4. The lowest BCUT2D eigenvalue weighted by molar-refractivity contribution is 0.0155. The average molecular weight is 308 g/mol. The van der Waals surface area contributed by atoms with Gasteiger partial charge in [-0.25, -0.2) is 0 Å². The molecule has 1 saturated heterocycles. The van der Waals surface area contributed by atoms with Gasteiger partial charge in [-0.1, -0.05) is 18.5 Å². The van der Waals surface area contributed by atoms with E-state index in [1.165, 1.54) is 16.5 Å². The first kappa shape index (κ1) is 14.8. The number of nitrogens with zero attached hydrogens (tertiary/aromatic N) is 3. The molecule has 0 radical (unpaired) electrons. The molecule has 1 aromatic carbocycles. The Hall–Kier alpha value is -1.10. The minimum Gasteiger partial charge on any atom is -0.379 e. The summed E-state index contributed by atoms with van der Waals surface area (Å²) in [5.41, 5.74) is 2.39. The summed E-state index contributed by atoms with van der Waals surface area (Å²) in [6, 6.07) is 4.42. The van der Waals surface area contributed by atoms with E-state index < -0.39 is 0 Å². The van der Waals surface area contributed by atoms with Crippen LogP contribution in [0.3, 0.4) is 0 Å². The molecule has 114 valence electrons. The van der Waals surface area contributed by atoms with Crippen molar-refractivity contribution in [3.8, 4) is 0 Å². The van der Waals surface area contributed by atoms with Gasteiger partial charge < -0.3 is 4.74 Å². The summed E-state index contributed by atoms with van der Waals surface area (Å²) in [4.78, 5) is 2.48. The van der Waals surface area contributed by atoms with Crippen LogP contribution < -0.4 is 0 Å². The zero-order valence-electron chi connectivity index (χ0n) is 12.7. The first-order valence-electron chi connectivity index (χ1n) is 7.72. The highest BCUT2D eigenvalue weighted by atomic mass is 35.5. The van der Waals surface area contributed by atoms with E-state index in [1.54, 1.807) is 0 Å². The lowest BCUT2D eigenvalue weighted by atomic mass is 9.98. The van der Waals surface area contributed by atoms with Crippen LogP contribution in [0.2, 0.25) is 5.02 Å². The standard InChI is InChI=1S/C16H22ClN3O/c1-3-14(19-7-9-21-10-8-19)16-12-11-18-20(4-2)15(12)6-5-13(16)17/h5-6,11,14H,3-4,7-10H2,1-2H3. The molecule has 0 aliphatic carbocycles. The van der Waals surface area contributed by atoms with Crippen molar-refractivity contribution in [2.45, 2.75) is 32.9 Å². The zero-order valence-corrected chi connectivity index (χ0v) is 13.4. The van der Waals surface area contributed by atoms with Crippen LogP contribution in [-0.4, -0.2) is 41.0 Å². The molecule has 21 heavy (non-hydrogen) atoms. The third kappa shape index (κ3) is 2.68. The minimum absolute atomic E-state index is 0.333. The van der Waals surface area contributed by atoms with E-state index in [0.717, 1.165) is 44.3 Å². The minimum atomic E-state index is 0.333. The Morgan fingerprint density at radius 3 is 2.71 bits per heavy atom. The van der Waals surface area contributed by atoms with Crippen molar-refractivity contribution in [2.75, 3.05) is 26.3 Å². The SMILES string of the molecule is CCC(c1c(Cl)ccc2c1cnn2CC)N1CCOCC1. The van der Waals surface area contributed by atoms with Gasteiger partial charge in [-0.05, 0) is 31.0 Å². The summed E-state index contributed by atoms with van der Waals surface area (Å²) < 4.78 is 7.51. The molecule has 1 aromatic heterocycles. The smallest absolute Gasteiger partial charge is 0.0686 e. The number of benzene rings is 1. The molecule has 1 unspecified atom stereocenters. The van der Waals surface area contributed by atoms with Crippen molar-refractivity contribution in [1.29, 1.82) is 0 Å². The maximum absolute atomic E-state index is 6.55. The van der Waals surface area contributed by atoms with Gasteiger partial charge >= 0.3 is 0 Å². The van der Waals surface area contributed by atoms with Crippen molar-refractivity contribution in [3.05, 3.63) is 28.9 Å². The van der Waals surface area contributed by atoms with Crippen LogP contribution in [0, 0.1) is 0 Å². The normalized spacial score (nSPS) is 18.2. The van der Waals surface area contributed by atoms with Gasteiger partial charge in [0.05, 0.1) is 24.9 Å². The first-order valence-corrected chi connectivity index (χ1v) is 8.09. The molecule has 0 amide bonds. The second-order valence-corrected chi connectivity index (χ2v) is 5.83. The van der Waals surface area contributed by atoms with E-state index in [2.05, 4.69) is 29.9 Å². The molecule has 2 aromatic rings. The van der Waals surface area contributed by atoms with Gasteiger partial charge in [-0.3, -0.25) is 9.58 Å². The van der Waals surface area contributed by atoms with Crippen molar-refractivity contribution >= 4 is 22.5 Å². The van der Waals surface area contributed by atoms with Crippen LogP contribution in [0.15, 0.2) is 18.3 Å². The second kappa shape index (κ2) is 6.34. The van der Waals surface area contributed by atoms with Crippen molar-refractivity contribution < 1.29 is 4.74 Å². The maximum Gasteiger partial charge on any atom is 0.0686 e. The first-order chi connectivity index (χ1) is 10.3. The molecule has 3 rings (SSSR count). The fourth-order valence-corrected chi connectivity index (χ4v) is 3.56. The van der Waals surface area contributed by atoms with Gasteiger partial charge in [0.15, 0.2) is 0 Å². The number of hydrogen-bond acceptors (Lipinski definition) is 3. The third-order valence-electron chi connectivity index (χ3n) is 4.32.